The van der Waals surface area contributed by atoms with E-state index in [9.17, 15) is 35.1 Å². The van der Waals surface area contributed by atoms with Crippen LogP contribution in [0.3, 0.4) is 0 Å². The minimum absolute atomic E-state index is 0.00127. The molecule has 18 heteroatoms. The van der Waals surface area contributed by atoms with E-state index in [1.807, 2.05) is 67.1 Å². The minimum atomic E-state index is -2.25. The van der Waals surface area contributed by atoms with Crippen LogP contribution in [0.15, 0.2) is 73.2 Å². The maximum atomic E-state index is 13.2. The summed E-state index contributed by atoms with van der Waals surface area (Å²) in [6, 6.07) is 17.5. The first-order valence-corrected chi connectivity index (χ1v) is 22.3. The fourth-order valence-electron chi connectivity index (χ4n) is 11.3. The summed E-state index contributed by atoms with van der Waals surface area (Å²) < 4.78 is 46.9. The Balaban J connectivity index is 1.15. The number of aromatic nitrogens is 2. The largest absolute Gasteiger partial charge is 0.493 e. The van der Waals surface area contributed by atoms with Crippen molar-refractivity contribution < 1.29 is 68.3 Å². The molecule has 10 N–H and O–H groups in total. The number of carboxylic acid groups (broad SMARTS) is 1. The number of rotatable bonds is 13. The number of nitrogens with two attached hydrogens (primary N) is 2. The molecule has 2 fully saturated rings. The van der Waals surface area contributed by atoms with Crippen molar-refractivity contribution >= 4 is 22.8 Å². The molecule has 9 atom stereocenters. The average molecular weight is 911 g/mol. The molecule has 10 rings (SSSR count). The van der Waals surface area contributed by atoms with Crippen LogP contribution in [0.2, 0.25) is 0 Å². The highest BCUT2D eigenvalue weighted by Gasteiger charge is 2.69. The van der Waals surface area contributed by atoms with Gasteiger partial charge in [0.25, 0.3) is 0 Å². The standard InChI is InChI=1S/C48H54N4O14/c1-60-30-10-9-26-36-32(17-24-7-3-2-4-8-24)62-33-18-31-27(28(22-52-21-25-11-14-51-29(25)23-52)37(33)41(36)65-39(26)40(30)61-16-15-53)20-47(12-5-6-13-47)48(59)44(58)38(57)42(66-46(48)63-31)43(45(49)50)64-35(56)19-34(54)55/h2-4,7-11,14,18,21,23,32,36,38,41-46,51,53,57-59H,5-6,12-13,15-17,19-20,22,49-50H2,1H3,(H,54,55). The summed E-state index contributed by atoms with van der Waals surface area (Å²) in [6.07, 6.45) is -3.71. The Morgan fingerprint density at radius 3 is 2.52 bits per heavy atom. The molecule has 5 aliphatic rings. The van der Waals surface area contributed by atoms with Gasteiger partial charge in [0.05, 0.1) is 31.3 Å². The first-order valence-electron chi connectivity index (χ1n) is 22.3. The number of nitrogens with one attached hydrogen (secondary N) is 1. The molecule has 1 spiro atoms. The van der Waals surface area contributed by atoms with E-state index in [0.29, 0.717) is 67.2 Å². The van der Waals surface area contributed by atoms with E-state index < -0.39 is 78.5 Å². The Kier molecular flexibility index (Phi) is 11.4. The van der Waals surface area contributed by atoms with E-state index >= 15 is 0 Å². The third-order valence-electron chi connectivity index (χ3n) is 14.3. The zero-order valence-corrected chi connectivity index (χ0v) is 36.2. The van der Waals surface area contributed by atoms with Crippen LogP contribution < -0.4 is 35.2 Å². The highest BCUT2D eigenvalue weighted by Crippen LogP contribution is 2.63. The summed E-state index contributed by atoms with van der Waals surface area (Å²) in [5.74, 6) is -1.03. The number of fused-ring (bicyclic) bond motifs is 9. The van der Waals surface area contributed by atoms with Crippen molar-refractivity contribution in [3.63, 3.8) is 0 Å². The summed E-state index contributed by atoms with van der Waals surface area (Å²) >= 11 is 0. The van der Waals surface area contributed by atoms with Gasteiger partial charge in [-0.25, -0.2) is 0 Å². The highest BCUT2D eigenvalue weighted by atomic mass is 16.7. The summed E-state index contributed by atoms with van der Waals surface area (Å²) in [7, 11) is 1.54. The number of nitrogens with zero attached hydrogens (tertiary/aromatic N) is 1. The van der Waals surface area contributed by atoms with Crippen molar-refractivity contribution in [2.45, 2.75) is 112 Å². The first-order chi connectivity index (χ1) is 31.8. The van der Waals surface area contributed by atoms with Crippen molar-refractivity contribution in [3.8, 4) is 28.7 Å². The molecular weight excluding hydrogens is 857 g/mol. The van der Waals surface area contributed by atoms with E-state index in [4.69, 9.17) is 44.6 Å². The lowest BCUT2D eigenvalue weighted by atomic mass is 9.61. The molecule has 9 unspecified atom stereocenters. The van der Waals surface area contributed by atoms with Gasteiger partial charge in [0, 0.05) is 65.1 Å². The van der Waals surface area contributed by atoms with Gasteiger partial charge in [-0.1, -0.05) is 49.2 Å². The van der Waals surface area contributed by atoms with Gasteiger partial charge in [-0.05, 0) is 42.5 Å². The molecule has 0 amide bonds. The van der Waals surface area contributed by atoms with E-state index in [-0.39, 0.29) is 31.3 Å². The number of carboxylic acids is 1. The number of methoxy groups -OCH3 is 1. The number of benzene rings is 3. The predicted molar refractivity (Wildman–Crippen MR) is 233 cm³/mol. The van der Waals surface area contributed by atoms with Crippen LogP contribution in [0.4, 0.5) is 0 Å². The molecule has 2 aromatic heterocycles. The Labute approximate surface area is 378 Å². The Morgan fingerprint density at radius 2 is 1.80 bits per heavy atom. The first kappa shape index (κ1) is 44.0. The molecule has 1 saturated heterocycles. The minimum Gasteiger partial charge on any atom is -0.493 e. The van der Waals surface area contributed by atoms with Gasteiger partial charge in [-0.2, -0.15) is 0 Å². The number of ether oxygens (including phenoxy) is 7. The SMILES string of the molecule is COc1ccc2c(c1OCCO)OC1c3c(cc4c(c3Cn3cc5cc[nH]c5c3)CC3(CCCC3)C3(O)C(O4)OC(C(OC(=O)CC(=O)O)C(N)N)C(O)C3O)OC(Cc3ccccc3)C21. The van der Waals surface area contributed by atoms with Crippen LogP contribution >= 0.6 is 0 Å². The summed E-state index contributed by atoms with van der Waals surface area (Å²) in [5, 5.41) is 57.4. The fraction of sp³-hybridized carbons (Fsp3) is 0.458. The molecule has 4 aliphatic heterocycles. The van der Waals surface area contributed by atoms with Crippen LogP contribution in [0.1, 0.15) is 71.9 Å². The number of esters is 1. The number of aliphatic carboxylic acids is 1. The quantitative estimate of drug-likeness (QED) is 0.0479. The van der Waals surface area contributed by atoms with E-state index in [1.165, 1.54) is 0 Å². The number of H-pyrrole nitrogens is 1. The molecule has 1 saturated carbocycles. The molecule has 5 aromatic rings. The lowest BCUT2D eigenvalue weighted by Crippen LogP contribution is -2.75. The number of carbonyl (C=O) groups excluding carboxylic acids is 1. The molecule has 66 heavy (non-hydrogen) atoms. The zero-order chi connectivity index (χ0) is 46.1. The molecule has 0 bridgehead atoms. The molecule has 3 aromatic carbocycles. The number of hydrogen-bond donors (Lipinski definition) is 8. The Bertz CT molecular complexity index is 2600. The van der Waals surface area contributed by atoms with Crippen molar-refractivity contribution in [1.82, 2.24) is 9.55 Å². The van der Waals surface area contributed by atoms with Crippen LogP contribution in [-0.4, -0.2) is 116 Å². The summed E-state index contributed by atoms with van der Waals surface area (Å²) in [5.41, 5.74) is 13.8. The second-order valence-corrected chi connectivity index (χ2v) is 18.1. The van der Waals surface area contributed by atoms with Gasteiger partial charge in [-0.15, -0.1) is 0 Å². The van der Waals surface area contributed by atoms with Gasteiger partial charge in [-0.3, -0.25) is 9.59 Å². The Hall–Kier alpha value is -5.86. The average Bonchev–Trinajstić information content (AvgIpc) is 4.10. The molecule has 1 aliphatic carbocycles. The highest BCUT2D eigenvalue weighted by molar-refractivity contribution is 5.90. The molecule has 350 valence electrons. The lowest BCUT2D eigenvalue weighted by Gasteiger charge is -2.55. The van der Waals surface area contributed by atoms with Crippen LogP contribution in [0.25, 0.3) is 10.9 Å². The second kappa shape index (κ2) is 17.1. The second-order valence-electron chi connectivity index (χ2n) is 18.1. The van der Waals surface area contributed by atoms with Crippen LogP contribution in [-0.2, 0) is 38.4 Å². The van der Waals surface area contributed by atoms with E-state index in [1.54, 1.807) is 13.2 Å². The summed E-state index contributed by atoms with van der Waals surface area (Å²) in [4.78, 5) is 27.4. The topological polar surface area (TPSA) is 273 Å². The molecule has 0 radical (unpaired) electrons. The number of aliphatic hydroxyl groups excluding tert-OH is 3. The summed E-state index contributed by atoms with van der Waals surface area (Å²) in [6.45, 7) is 0.0627. The number of aromatic amines is 1. The Morgan fingerprint density at radius 1 is 1.02 bits per heavy atom. The van der Waals surface area contributed by atoms with Gasteiger partial charge in [0.1, 0.15) is 55.0 Å². The van der Waals surface area contributed by atoms with Crippen molar-refractivity contribution in [3.05, 3.63) is 101 Å². The van der Waals surface area contributed by atoms with Gasteiger partial charge in [0.15, 0.2) is 23.2 Å². The van der Waals surface area contributed by atoms with Gasteiger partial charge >= 0.3 is 11.9 Å². The maximum Gasteiger partial charge on any atom is 0.317 e. The molecular formula is C48H54N4O14. The molecule has 18 nitrogen and oxygen atoms in total. The lowest BCUT2D eigenvalue weighted by molar-refractivity contribution is -0.356. The predicted octanol–water partition coefficient (Wildman–Crippen LogP) is 2.92. The van der Waals surface area contributed by atoms with Crippen LogP contribution in [0.5, 0.6) is 28.7 Å². The van der Waals surface area contributed by atoms with Gasteiger partial charge in [0.2, 0.25) is 12.0 Å². The van der Waals surface area contributed by atoms with Crippen molar-refractivity contribution in [2.24, 2.45) is 16.9 Å². The van der Waals surface area contributed by atoms with E-state index in [0.717, 1.165) is 33.2 Å². The maximum absolute atomic E-state index is 13.2. The zero-order valence-electron chi connectivity index (χ0n) is 36.2. The van der Waals surface area contributed by atoms with Gasteiger partial charge < -0.3 is 79.7 Å². The normalized spacial score (nSPS) is 27.3. The van der Waals surface area contributed by atoms with Crippen molar-refractivity contribution in [1.29, 1.82) is 0 Å². The molecule has 6 heterocycles. The fourth-order valence-corrected chi connectivity index (χ4v) is 11.3. The number of hydrogen-bond acceptors (Lipinski definition) is 15. The third-order valence-corrected chi connectivity index (χ3v) is 14.3. The van der Waals surface area contributed by atoms with Crippen LogP contribution in [0, 0.1) is 5.41 Å². The number of aliphatic hydroxyl groups is 4. The smallest absolute Gasteiger partial charge is 0.317 e. The number of carbonyl (C=O) groups is 2. The monoisotopic (exact) mass is 910 g/mol. The van der Waals surface area contributed by atoms with E-state index in [2.05, 4.69) is 9.55 Å². The third kappa shape index (κ3) is 7.22. The van der Waals surface area contributed by atoms with Crippen molar-refractivity contribution in [2.75, 3.05) is 20.3 Å².